The average Bonchev–Trinajstić information content (AvgIpc) is 2.07. The highest BCUT2D eigenvalue weighted by Crippen LogP contribution is 2.25. The number of alkyl halides is 1. The van der Waals surface area contributed by atoms with Crippen molar-refractivity contribution >= 4 is 28.6 Å². The third kappa shape index (κ3) is 2.10. The van der Waals surface area contributed by atoms with Gasteiger partial charge >= 0.3 is 5.97 Å². The van der Waals surface area contributed by atoms with Crippen molar-refractivity contribution in [3.8, 4) is 0 Å². The summed E-state index contributed by atoms with van der Waals surface area (Å²) in [5.74, 6) is -1.41. The van der Waals surface area contributed by atoms with E-state index in [1.807, 2.05) is 0 Å². The van der Waals surface area contributed by atoms with Crippen LogP contribution in [0, 0.1) is 0 Å². The van der Waals surface area contributed by atoms with Crippen LogP contribution < -0.4 is 0 Å². The topological polar surface area (TPSA) is 107 Å². The van der Waals surface area contributed by atoms with Crippen LogP contribution >= 0.6 is 22.6 Å². The number of carboxylic acids is 1. The zero-order chi connectivity index (χ0) is 10.2. The molecule has 13 heavy (non-hydrogen) atoms. The molecule has 0 aliphatic carbocycles. The van der Waals surface area contributed by atoms with Crippen LogP contribution in [-0.4, -0.2) is 54.9 Å². The highest BCUT2D eigenvalue weighted by atomic mass is 127. The maximum atomic E-state index is 10.5. The molecule has 6 nitrogen and oxygen atoms in total. The lowest BCUT2D eigenvalue weighted by Gasteiger charge is -2.36. The Labute approximate surface area is 87.3 Å². The van der Waals surface area contributed by atoms with Gasteiger partial charge in [0.1, 0.15) is 6.10 Å². The SMILES string of the molecule is O=C(O)C1OC(O)C(I)C(O)C1O. The maximum Gasteiger partial charge on any atom is 0.335 e. The van der Waals surface area contributed by atoms with Gasteiger partial charge in [-0.15, -0.1) is 0 Å². The molecule has 1 aliphatic rings. The van der Waals surface area contributed by atoms with Crippen molar-refractivity contribution < 1.29 is 30.0 Å². The summed E-state index contributed by atoms with van der Waals surface area (Å²) in [6.45, 7) is 0. The zero-order valence-electron chi connectivity index (χ0n) is 6.37. The van der Waals surface area contributed by atoms with Crippen LogP contribution in [0.4, 0.5) is 0 Å². The first kappa shape index (κ1) is 11.1. The average molecular weight is 304 g/mol. The molecule has 0 amide bonds. The number of aliphatic hydroxyl groups excluding tert-OH is 3. The first-order chi connectivity index (χ1) is 5.95. The predicted octanol–water partition coefficient (Wildman–Crippen LogP) is -1.69. The fraction of sp³-hybridized carbons (Fsp3) is 0.833. The fourth-order valence-corrected chi connectivity index (χ4v) is 1.64. The quantitative estimate of drug-likeness (QED) is 0.340. The van der Waals surface area contributed by atoms with Crippen molar-refractivity contribution in [2.45, 2.75) is 28.5 Å². The highest BCUT2D eigenvalue weighted by molar-refractivity contribution is 14.1. The summed E-state index contributed by atoms with van der Waals surface area (Å²) in [6, 6.07) is 0. The molecule has 0 aromatic heterocycles. The second kappa shape index (κ2) is 4.05. The maximum absolute atomic E-state index is 10.5. The van der Waals surface area contributed by atoms with Crippen LogP contribution in [0.3, 0.4) is 0 Å². The van der Waals surface area contributed by atoms with E-state index in [2.05, 4.69) is 4.74 Å². The second-order valence-electron chi connectivity index (χ2n) is 2.71. The Balaban J connectivity index is 2.76. The molecule has 0 bridgehead atoms. The number of carboxylic acid groups (broad SMARTS) is 1. The van der Waals surface area contributed by atoms with Crippen molar-refractivity contribution in [1.82, 2.24) is 0 Å². The van der Waals surface area contributed by atoms with Crippen LogP contribution in [-0.2, 0) is 9.53 Å². The molecule has 0 aromatic rings. The summed E-state index contributed by atoms with van der Waals surface area (Å²) in [6.07, 6.45) is -5.76. The minimum atomic E-state index is -1.57. The Hall–Kier alpha value is 0.0400. The van der Waals surface area contributed by atoms with Gasteiger partial charge in [0.2, 0.25) is 0 Å². The smallest absolute Gasteiger partial charge is 0.335 e. The third-order valence-electron chi connectivity index (χ3n) is 1.79. The van der Waals surface area contributed by atoms with Crippen LogP contribution in [0.5, 0.6) is 0 Å². The third-order valence-corrected chi connectivity index (χ3v) is 3.14. The summed E-state index contributed by atoms with van der Waals surface area (Å²) in [4.78, 5) is 10.5. The molecule has 0 saturated carbocycles. The van der Waals surface area contributed by atoms with Gasteiger partial charge in [-0.05, 0) is 0 Å². The highest BCUT2D eigenvalue weighted by Gasteiger charge is 2.45. The number of aliphatic hydroxyl groups is 3. The summed E-state index contributed by atoms with van der Waals surface area (Å²) < 4.78 is 3.85. The summed E-state index contributed by atoms with van der Waals surface area (Å²) >= 11 is 1.68. The molecule has 1 fully saturated rings. The number of carbonyl (C=O) groups is 1. The van der Waals surface area contributed by atoms with Crippen LogP contribution in [0.15, 0.2) is 0 Å². The standard InChI is InChI=1S/C6H9IO6/c7-1-2(8)3(9)4(5(10)11)13-6(1)12/h1-4,6,8-9,12H,(H,10,11). The van der Waals surface area contributed by atoms with E-state index in [1.165, 1.54) is 0 Å². The van der Waals surface area contributed by atoms with E-state index in [0.717, 1.165) is 0 Å². The van der Waals surface area contributed by atoms with E-state index in [-0.39, 0.29) is 0 Å². The van der Waals surface area contributed by atoms with E-state index in [0.29, 0.717) is 0 Å². The first-order valence-corrected chi connectivity index (χ1v) is 4.76. The van der Waals surface area contributed by atoms with Crippen molar-refractivity contribution in [3.05, 3.63) is 0 Å². The lowest BCUT2D eigenvalue weighted by atomic mass is 10.0. The molecule has 1 aliphatic heterocycles. The molecule has 1 heterocycles. The molecule has 76 valence electrons. The monoisotopic (exact) mass is 304 g/mol. The Bertz CT molecular complexity index is 209. The molecule has 1 saturated heterocycles. The summed E-state index contributed by atoms with van der Waals surface area (Å²) in [7, 11) is 0. The summed E-state index contributed by atoms with van der Waals surface area (Å²) in [5.41, 5.74) is 0. The number of hydrogen-bond donors (Lipinski definition) is 4. The predicted molar refractivity (Wildman–Crippen MR) is 48.3 cm³/mol. The molecule has 5 atom stereocenters. The Morgan fingerprint density at radius 3 is 2.23 bits per heavy atom. The van der Waals surface area contributed by atoms with Gasteiger partial charge in [0.15, 0.2) is 12.4 Å². The minimum Gasteiger partial charge on any atom is -0.479 e. The number of hydrogen-bond acceptors (Lipinski definition) is 5. The molecule has 7 heteroatoms. The van der Waals surface area contributed by atoms with Gasteiger partial charge in [0, 0.05) is 0 Å². The van der Waals surface area contributed by atoms with Crippen molar-refractivity contribution in [1.29, 1.82) is 0 Å². The Kier molecular flexibility index (Phi) is 3.46. The zero-order valence-corrected chi connectivity index (χ0v) is 8.53. The van der Waals surface area contributed by atoms with E-state index in [4.69, 9.17) is 10.2 Å². The van der Waals surface area contributed by atoms with E-state index in [1.54, 1.807) is 22.6 Å². The van der Waals surface area contributed by atoms with Gasteiger partial charge in [0.05, 0.1) is 10.0 Å². The van der Waals surface area contributed by atoms with Gasteiger partial charge in [-0.2, -0.15) is 0 Å². The number of ether oxygens (including phenoxy) is 1. The van der Waals surface area contributed by atoms with Gasteiger partial charge in [0.25, 0.3) is 0 Å². The van der Waals surface area contributed by atoms with E-state index in [9.17, 15) is 15.0 Å². The normalized spacial score (nSPS) is 46.0. The fourth-order valence-electron chi connectivity index (χ4n) is 1.05. The lowest BCUT2D eigenvalue weighted by Crippen LogP contribution is -2.57. The molecule has 4 N–H and O–H groups in total. The molecule has 1 rings (SSSR count). The second-order valence-corrected chi connectivity index (χ2v) is 4.15. The number of halogens is 1. The molecule has 5 unspecified atom stereocenters. The van der Waals surface area contributed by atoms with Crippen LogP contribution in [0.2, 0.25) is 0 Å². The lowest BCUT2D eigenvalue weighted by molar-refractivity contribution is -0.230. The minimum absolute atomic E-state index is 0.733. The molecular formula is C6H9IO6. The largest absolute Gasteiger partial charge is 0.479 e. The van der Waals surface area contributed by atoms with Gasteiger partial charge in [-0.25, -0.2) is 4.79 Å². The van der Waals surface area contributed by atoms with E-state index >= 15 is 0 Å². The van der Waals surface area contributed by atoms with Gasteiger partial charge < -0.3 is 25.2 Å². The molecule has 0 spiro atoms. The molecule has 0 aromatic carbocycles. The molecule has 0 radical (unpaired) electrons. The van der Waals surface area contributed by atoms with Gasteiger partial charge in [-0.1, -0.05) is 22.6 Å². The van der Waals surface area contributed by atoms with Crippen molar-refractivity contribution in [2.75, 3.05) is 0 Å². The van der Waals surface area contributed by atoms with Gasteiger partial charge in [-0.3, -0.25) is 0 Å². The molecular weight excluding hydrogens is 295 g/mol. The Morgan fingerprint density at radius 2 is 1.77 bits per heavy atom. The first-order valence-electron chi connectivity index (χ1n) is 3.51. The van der Waals surface area contributed by atoms with Crippen molar-refractivity contribution in [2.24, 2.45) is 0 Å². The van der Waals surface area contributed by atoms with Crippen LogP contribution in [0.25, 0.3) is 0 Å². The van der Waals surface area contributed by atoms with Crippen LogP contribution in [0.1, 0.15) is 0 Å². The van der Waals surface area contributed by atoms with E-state index < -0.39 is 34.5 Å². The summed E-state index contributed by atoms with van der Waals surface area (Å²) in [5, 5.41) is 36.1. The Morgan fingerprint density at radius 1 is 1.23 bits per heavy atom. The number of rotatable bonds is 1. The van der Waals surface area contributed by atoms with Crippen molar-refractivity contribution in [3.63, 3.8) is 0 Å². The number of aliphatic carboxylic acids is 1.